The predicted octanol–water partition coefficient (Wildman–Crippen LogP) is 0.123. The number of hydrogen-bond acceptors (Lipinski definition) is 4. The molecule has 2 unspecified atom stereocenters. The highest BCUT2D eigenvalue weighted by atomic mass is 16.2. The number of carbonyl (C=O) groups is 2. The van der Waals surface area contributed by atoms with Crippen LogP contribution >= 0.6 is 0 Å². The van der Waals surface area contributed by atoms with E-state index in [0.717, 1.165) is 19.3 Å². The minimum absolute atomic E-state index is 0.0657. The van der Waals surface area contributed by atoms with Crippen LogP contribution in [0.5, 0.6) is 0 Å². The molecule has 0 aromatic heterocycles. The van der Waals surface area contributed by atoms with Gasteiger partial charge in [-0.25, -0.2) is 0 Å². The molecule has 0 aromatic carbocycles. The summed E-state index contributed by atoms with van der Waals surface area (Å²) in [5.41, 5.74) is 5.46. The number of rotatable bonds is 10. The number of amides is 2. The maximum Gasteiger partial charge on any atom is 0.242 e. The van der Waals surface area contributed by atoms with Crippen molar-refractivity contribution in [1.29, 1.82) is 0 Å². The zero-order chi connectivity index (χ0) is 15.5. The van der Waals surface area contributed by atoms with Crippen LogP contribution in [0, 0.1) is 0 Å². The number of unbranched alkanes of at least 4 members (excludes halogenated alkanes) is 1. The van der Waals surface area contributed by atoms with Gasteiger partial charge in [0.2, 0.25) is 11.8 Å². The second-order valence-corrected chi connectivity index (χ2v) is 5.29. The highest BCUT2D eigenvalue weighted by molar-refractivity contribution is 5.89. The van der Waals surface area contributed by atoms with Gasteiger partial charge in [0.25, 0.3) is 0 Å². The quantitative estimate of drug-likeness (QED) is 0.429. The molecule has 5 N–H and O–H groups in total. The van der Waals surface area contributed by atoms with Gasteiger partial charge in [-0.3, -0.25) is 9.59 Å². The first-order chi connectivity index (χ1) is 9.42. The molecule has 0 bridgehead atoms. The summed E-state index contributed by atoms with van der Waals surface area (Å²) >= 11 is 0. The van der Waals surface area contributed by atoms with Crippen molar-refractivity contribution in [3.63, 3.8) is 0 Å². The van der Waals surface area contributed by atoms with E-state index in [9.17, 15) is 9.59 Å². The molecule has 118 valence electrons. The molecule has 0 heterocycles. The third kappa shape index (κ3) is 8.12. The largest absolute Gasteiger partial charge is 0.352 e. The molecule has 0 rings (SSSR count). The minimum Gasteiger partial charge on any atom is -0.352 e. The number of nitrogens with two attached hydrogens (primary N) is 1. The van der Waals surface area contributed by atoms with Gasteiger partial charge in [0.05, 0.1) is 6.04 Å². The summed E-state index contributed by atoms with van der Waals surface area (Å²) < 4.78 is 0. The second-order valence-electron chi connectivity index (χ2n) is 5.29. The Labute approximate surface area is 122 Å². The summed E-state index contributed by atoms with van der Waals surface area (Å²) in [6.45, 7) is 8.78. The van der Waals surface area contributed by atoms with Crippen LogP contribution < -0.4 is 21.7 Å². The van der Waals surface area contributed by atoms with E-state index in [1.54, 1.807) is 6.92 Å². The Morgan fingerprint density at radius 3 is 2.20 bits per heavy atom. The first kappa shape index (κ1) is 18.9. The molecule has 0 aliphatic heterocycles. The monoisotopic (exact) mass is 286 g/mol. The van der Waals surface area contributed by atoms with E-state index < -0.39 is 6.04 Å². The molecule has 0 fully saturated rings. The number of hydrogen-bond donors (Lipinski definition) is 4. The van der Waals surface area contributed by atoms with Crippen molar-refractivity contribution in [2.24, 2.45) is 5.73 Å². The van der Waals surface area contributed by atoms with E-state index in [1.807, 2.05) is 20.8 Å². The lowest BCUT2D eigenvalue weighted by Gasteiger charge is -2.21. The topological polar surface area (TPSA) is 96.2 Å². The van der Waals surface area contributed by atoms with Crippen LogP contribution in [0.1, 0.15) is 47.0 Å². The highest BCUT2D eigenvalue weighted by Crippen LogP contribution is 2.01. The zero-order valence-electron chi connectivity index (χ0n) is 13.2. The Balaban J connectivity index is 4.32. The number of nitrogens with one attached hydrogen (secondary N) is 3. The van der Waals surface area contributed by atoms with Gasteiger partial charge in [0.1, 0.15) is 6.04 Å². The molecule has 0 aliphatic carbocycles. The molecular formula is C14H30N4O2. The Morgan fingerprint density at radius 2 is 1.70 bits per heavy atom. The Hall–Kier alpha value is -1.14. The lowest BCUT2D eigenvalue weighted by atomic mass is 10.1. The molecule has 0 radical (unpaired) electrons. The van der Waals surface area contributed by atoms with Crippen molar-refractivity contribution < 1.29 is 9.59 Å². The van der Waals surface area contributed by atoms with Crippen LogP contribution in [-0.4, -0.2) is 43.0 Å². The standard InChI is InChI=1S/C14H30N4O2/c1-5-16-12(8-6-7-9-15)14(20)18-11(4)13(19)17-10(2)3/h10-12,16H,5-9,15H2,1-4H3,(H,17,19)(H,18,20). The van der Waals surface area contributed by atoms with Crippen LogP contribution in [0.2, 0.25) is 0 Å². The lowest BCUT2D eigenvalue weighted by Crippen LogP contribution is -2.52. The first-order valence-electron chi connectivity index (χ1n) is 7.46. The average Bonchev–Trinajstić information content (AvgIpc) is 2.36. The lowest BCUT2D eigenvalue weighted by molar-refractivity contribution is -0.130. The summed E-state index contributed by atoms with van der Waals surface area (Å²) in [6.07, 6.45) is 2.53. The smallest absolute Gasteiger partial charge is 0.242 e. The SMILES string of the molecule is CCNC(CCCCN)C(=O)NC(C)C(=O)NC(C)C. The maximum absolute atomic E-state index is 12.1. The number of carbonyl (C=O) groups excluding carboxylic acids is 2. The van der Waals surface area contributed by atoms with Crippen molar-refractivity contribution in [3.05, 3.63) is 0 Å². The molecule has 0 spiro atoms. The first-order valence-corrected chi connectivity index (χ1v) is 7.46. The maximum atomic E-state index is 12.1. The van der Waals surface area contributed by atoms with Crippen LogP contribution in [0.25, 0.3) is 0 Å². The van der Waals surface area contributed by atoms with Gasteiger partial charge < -0.3 is 21.7 Å². The molecule has 6 nitrogen and oxygen atoms in total. The Bertz CT molecular complexity index is 295. The van der Waals surface area contributed by atoms with Crippen LogP contribution in [0.3, 0.4) is 0 Å². The van der Waals surface area contributed by atoms with E-state index in [1.165, 1.54) is 0 Å². The van der Waals surface area contributed by atoms with Crippen molar-refractivity contribution in [2.45, 2.75) is 65.1 Å². The Kier molecular flexibility index (Phi) is 10.0. The summed E-state index contributed by atoms with van der Waals surface area (Å²) in [5, 5.41) is 8.67. The summed E-state index contributed by atoms with van der Waals surface area (Å²) in [5.74, 6) is -0.291. The summed E-state index contributed by atoms with van der Waals surface area (Å²) in [7, 11) is 0. The van der Waals surface area contributed by atoms with Gasteiger partial charge in [-0.1, -0.05) is 13.3 Å². The van der Waals surface area contributed by atoms with Gasteiger partial charge >= 0.3 is 0 Å². The molecule has 0 saturated heterocycles. The van der Waals surface area contributed by atoms with Gasteiger partial charge in [0, 0.05) is 6.04 Å². The third-order valence-electron chi connectivity index (χ3n) is 2.90. The average molecular weight is 286 g/mol. The van der Waals surface area contributed by atoms with Gasteiger partial charge in [-0.05, 0) is 46.7 Å². The third-order valence-corrected chi connectivity index (χ3v) is 2.90. The fourth-order valence-electron chi connectivity index (χ4n) is 1.85. The van der Waals surface area contributed by atoms with Gasteiger partial charge in [-0.2, -0.15) is 0 Å². The van der Waals surface area contributed by atoms with Crippen LogP contribution in [-0.2, 0) is 9.59 Å². The highest BCUT2D eigenvalue weighted by Gasteiger charge is 2.21. The molecular weight excluding hydrogens is 256 g/mol. The van der Waals surface area contributed by atoms with Crippen molar-refractivity contribution in [2.75, 3.05) is 13.1 Å². The Morgan fingerprint density at radius 1 is 1.05 bits per heavy atom. The van der Waals surface area contributed by atoms with Crippen LogP contribution in [0.4, 0.5) is 0 Å². The van der Waals surface area contributed by atoms with E-state index in [-0.39, 0.29) is 23.9 Å². The van der Waals surface area contributed by atoms with E-state index in [2.05, 4.69) is 16.0 Å². The van der Waals surface area contributed by atoms with E-state index in [4.69, 9.17) is 5.73 Å². The van der Waals surface area contributed by atoms with E-state index >= 15 is 0 Å². The molecule has 6 heteroatoms. The van der Waals surface area contributed by atoms with Gasteiger partial charge in [0.15, 0.2) is 0 Å². The molecule has 0 aliphatic rings. The van der Waals surface area contributed by atoms with Crippen LogP contribution in [0.15, 0.2) is 0 Å². The molecule has 2 amide bonds. The van der Waals surface area contributed by atoms with Crippen molar-refractivity contribution >= 4 is 11.8 Å². The fraction of sp³-hybridized carbons (Fsp3) is 0.857. The molecule has 20 heavy (non-hydrogen) atoms. The molecule has 0 aromatic rings. The fourth-order valence-corrected chi connectivity index (χ4v) is 1.85. The summed E-state index contributed by atoms with van der Waals surface area (Å²) in [6, 6.07) is -0.725. The van der Waals surface area contributed by atoms with Crippen molar-refractivity contribution in [3.8, 4) is 0 Å². The normalized spacial score (nSPS) is 13.9. The minimum atomic E-state index is -0.527. The van der Waals surface area contributed by atoms with Crippen molar-refractivity contribution in [1.82, 2.24) is 16.0 Å². The molecule has 0 saturated carbocycles. The predicted molar refractivity (Wildman–Crippen MR) is 81.3 cm³/mol. The zero-order valence-corrected chi connectivity index (χ0v) is 13.2. The van der Waals surface area contributed by atoms with E-state index in [0.29, 0.717) is 13.1 Å². The summed E-state index contributed by atoms with van der Waals surface area (Å²) in [4.78, 5) is 23.9. The second kappa shape index (κ2) is 10.6. The molecule has 2 atom stereocenters. The van der Waals surface area contributed by atoms with Gasteiger partial charge in [-0.15, -0.1) is 0 Å². The number of likely N-dealkylation sites (N-methyl/N-ethyl adjacent to an activating group) is 1.